The lowest BCUT2D eigenvalue weighted by molar-refractivity contribution is -0.130. The van der Waals surface area contributed by atoms with Gasteiger partial charge in [-0.05, 0) is 50.7 Å². The van der Waals surface area contributed by atoms with Gasteiger partial charge in [-0.25, -0.2) is 4.58 Å². The van der Waals surface area contributed by atoms with Crippen molar-refractivity contribution in [3.8, 4) is 0 Å². The van der Waals surface area contributed by atoms with Crippen molar-refractivity contribution in [3.05, 3.63) is 67.3 Å². The molecular formula is C26H33N6O3+. The maximum Gasteiger partial charge on any atom is 0.335 e. The zero-order valence-corrected chi connectivity index (χ0v) is 20.8. The summed E-state index contributed by atoms with van der Waals surface area (Å²) in [6.07, 6.45) is 4.95. The lowest BCUT2D eigenvalue weighted by Crippen LogP contribution is -2.55. The van der Waals surface area contributed by atoms with Gasteiger partial charge in [0.2, 0.25) is 5.91 Å². The van der Waals surface area contributed by atoms with Crippen molar-refractivity contribution in [2.45, 2.75) is 53.1 Å². The maximum atomic E-state index is 13.3. The molecule has 2 amide bonds. The number of hydrogen-bond acceptors (Lipinski definition) is 5. The second-order valence-corrected chi connectivity index (χ2v) is 9.41. The standard InChI is InChI=1S/C26H32N6O3/c1-15(2)32-14-21-19(25(34)28-13-20-16(3)11-17(4)29-26(20)35)12-22(30-24(21)32)18-6-9-31(10-7-18)23(33)5-8-27/h6,11-12,14-15H,5,7-10,13,27H2,1-4H3,(H-,28,29,34,35)/p+1. The number of rotatable bonds is 7. The smallest absolute Gasteiger partial charge is 0.335 e. The summed E-state index contributed by atoms with van der Waals surface area (Å²) in [6, 6.07) is 3.92. The lowest BCUT2D eigenvalue weighted by Gasteiger charge is -2.25. The van der Waals surface area contributed by atoms with Gasteiger partial charge in [0.1, 0.15) is 11.4 Å². The molecule has 0 radical (unpaired) electrons. The molecule has 0 fully saturated rings. The molecule has 0 saturated heterocycles. The summed E-state index contributed by atoms with van der Waals surface area (Å²) >= 11 is 0. The van der Waals surface area contributed by atoms with E-state index in [1.54, 1.807) is 4.90 Å². The van der Waals surface area contributed by atoms with E-state index in [0.29, 0.717) is 43.6 Å². The number of carbonyl (C=O) groups excluding carboxylic acids is 2. The molecule has 2 aliphatic rings. The van der Waals surface area contributed by atoms with Crippen LogP contribution in [-0.4, -0.2) is 52.4 Å². The Kier molecular flexibility index (Phi) is 6.98. The van der Waals surface area contributed by atoms with Gasteiger partial charge in [-0.3, -0.25) is 14.4 Å². The summed E-state index contributed by atoms with van der Waals surface area (Å²) in [7, 11) is 0. The first-order valence-corrected chi connectivity index (χ1v) is 12.0. The van der Waals surface area contributed by atoms with E-state index in [-0.39, 0.29) is 30.0 Å². The van der Waals surface area contributed by atoms with Gasteiger partial charge in [-0.2, -0.15) is 0 Å². The van der Waals surface area contributed by atoms with E-state index in [1.165, 1.54) is 0 Å². The number of aromatic nitrogens is 2. The van der Waals surface area contributed by atoms with Crippen LogP contribution in [0.3, 0.4) is 0 Å². The maximum absolute atomic E-state index is 13.3. The number of hydrogen-bond donors (Lipinski definition) is 3. The van der Waals surface area contributed by atoms with E-state index < -0.39 is 0 Å². The number of aryl methyl sites for hydroxylation is 2. The molecule has 2 aromatic heterocycles. The second-order valence-electron chi connectivity index (χ2n) is 9.41. The molecule has 9 nitrogen and oxygen atoms in total. The summed E-state index contributed by atoms with van der Waals surface area (Å²) in [5.41, 5.74) is 10.6. The minimum Gasteiger partial charge on any atom is -0.348 e. The van der Waals surface area contributed by atoms with Crippen LogP contribution in [-0.2, 0) is 11.3 Å². The number of fused-ring (bicyclic) bond motifs is 1. The van der Waals surface area contributed by atoms with E-state index in [0.717, 1.165) is 33.2 Å². The number of carbonyl (C=O) groups is 2. The Morgan fingerprint density at radius 3 is 2.69 bits per heavy atom. The number of H-pyrrole nitrogens is 1. The summed E-state index contributed by atoms with van der Waals surface area (Å²) < 4.78 is 2.05. The van der Waals surface area contributed by atoms with E-state index in [9.17, 15) is 14.4 Å². The highest BCUT2D eigenvalue weighted by Crippen LogP contribution is 2.21. The predicted molar refractivity (Wildman–Crippen MR) is 135 cm³/mol. The van der Waals surface area contributed by atoms with Crippen molar-refractivity contribution in [1.29, 1.82) is 0 Å². The van der Waals surface area contributed by atoms with Crippen LogP contribution < -0.4 is 31.9 Å². The largest absolute Gasteiger partial charge is 0.348 e. The number of nitrogens with one attached hydrogen (secondary N) is 2. The molecule has 0 atom stereocenters. The molecule has 0 unspecified atom stereocenters. The van der Waals surface area contributed by atoms with Crippen molar-refractivity contribution in [1.82, 2.24) is 24.8 Å². The molecule has 0 bridgehead atoms. The number of nitrogens with two attached hydrogens (primary N) is 1. The highest BCUT2D eigenvalue weighted by Gasteiger charge is 2.28. The lowest BCUT2D eigenvalue weighted by atomic mass is 10.0. The quantitative estimate of drug-likeness (QED) is 0.482. The van der Waals surface area contributed by atoms with E-state index in [1.807, 2.05) is 42.8 Å². The fraction of sp³-hybridized carbons (Fsp3) is 0.423. The average molecular weight is 478 g/mol. The van der Waals surface area contributed by atoms with Crippen LogP contribution in [0.5, 0.6) is 0 Å². The van der Waals surface area contributed by atoms with Gasteiger partial charge in [-0.15, -0.1) is 0 Å². The number of aromatic amines is 1. The third-order valence-electron chi connectivity index (χ3n) is 6.52. The van der Waals surface area contributed by atoms with Gasteiger partial charge in [0.25, 0.3) is 11.5 Å². The van der Waals surface area contributed by atoms with E-state index >= 15 is 0 Å². The monoisotopic (exact) mass is 477 g/mol. The number of amides is 2. The molecule has 4 heterocycles. The SMILES string of the molecule is Cc1cc(C)c(CNC(=O)c2cc(C3=CCN(C(=O)CCN)CC3)nc3c2=C[N+]=3C(C)C)c(=O)[nH]1. The third kappa shape index (κ3) is 4.95. The van der Waals surface area contributed by atoms with Crippen LogP contribution in [0.25, 0.3) is 11.8 Å². The molecular weight excluding hydrogens is 444 g/mol. The van der Waals surface area contributed by atoms with Crippen LogP contribution in [0.4, 0.5) is 0 Å². The summed E-state index contributed by atoms with van der Waals surface area (Å²) in [4.78, 5) is 47.3. The molecule has 4 rings (SSSR count). The Balaban J connectivity index is 1.63. The molecule has 2 aromatic rings. The fourth-order valence-corrected chi connectivity index (χ4v) is 4.52. The third-order valence-corrected chi connectivity index (χ3v) is 6.52. The first-order valence-electron chi connectivity index (χ1n) is 12.0. The van der Waals surface area contributed by atoms with Gasteiger partial charge in [0.15, 0.2) is 5.69 Å². The molecule has 9 heteroatoms. The van der Waals surface area contributed by atoms with Crippen molar-refractivity contribution in [2.24, 2.45) is 5.73 Å². The number of pyridine rings is 2. The van der Waals surface area contributed by atoms with Crippen LogP contribution in [0.2, 0.25) is 0 Å². The molecule has 0 aromatic carbocycles. The summed E-state index contributed by atoms with van der Waals surface area (Å²) in [5.74, 6) is -0.199. The number of nitrogens with zero attached hydrogens (tertiary/aromatic N) is 3. The molecule has 0 saturated carbocycles. The molecule has 184 valence electrons. The topological polar surface area (TPSA) is 124 Å². The zero-order chi connectivity index (χ0) is 25.3. The minimum absolute atomic E-state index is 0.0509. The molecule has 0 aliphatic carbocycles. The van der Waals surface area contributed by atoms with E-state index in [2.05, 4.69) is 24.1 Å². The fourth-order valence-electron chi connectivity index (χ4n) is 4.52. The average Bonchev–Trinajstić information content (AvgIpc) is 2.78. The summed E-state index contributed by atoms with van der Waals surface area (Å²) in [5, 5.41) is 3.72. The van der Waals surface area contributed by atoms with Gasteiger partial charge >= 0.3 is 5.49 Å². The molecule has 35 heavy (non-hydrogen) atoms. The molecule has 2 aliphatic heterocycles. The Bertz CT molecular complexity index is 1400. The zero-order valence-electron chi connectivity index (χ0n) is 20.8. The first kappa shape index (κ1) is 24.5. The Morgan fingerprint density at radius 1 is 1.29 bits per heavy atom. The van der Waals surface area contributed by atoms with Gasteiger partial charge in [0, 0.05) is 55.5 Å². The summed E-state index contributed by atoms with van der Waals surface area (Å²) in [6.45, 7) is 9.42. The predicted octanol–water partition coefficient (Wildman–Crippen LogP) is -0.0677. The first-order chi connectivity index (χ1) is 16.7. The van der Waals surface area contributed by atoms with Crippen LogP contribution in [0, 0.1) is 13.8 Å². The second kappa shape index (κ2) is 9.95. The minimum atomic E-state index is -0.250. The van der Waals surface area contributed by atoms with Crippen LogP contribution in [0.1, 0.15) is 59.6 Å². The highest BCUT2D eigenvalue weighted by atomic mass is 16.2. The highest BCUT2D eigenvalue weighted by molar-refractivity contribution is 5.95. The van der Waals surface area contributed by atoms with E-state index in [4.69, 9.17) is 10.7 Å². The van der Waals surface area contributed by atoms with Crippen molar-refractivity contribution < 1.29 is 9.59 Å². The van der Waals surface area contributed by atoms with Gasteiger partial charge in [0.05, 0.1) is 11.6 Å². The molecule has 0 spiro atoms. The van der Waals surface area contributed by atoms with Gasteiger partial charge in [-0.1, -0.05) is 6.08 Å². The van der Waals surface area contributed by atoms with Crippen molar-refractivity contribution >= 4 is 23.6 Å². The molecule has 4 N–H and O–H groups in total. The van der Waals surface area contributed by atoms with Crippen molar-refractivity contribution in [2.75, 3.05) is 19.6 Å². The van der Waals surface area contributed by atoms with Gasteiger partial charge < -0.3 is 20.9 Å². The van der Waals surface area contributed by atoms with Crippen molar-refractivity contribution in [3.63, 3.8) is 0 Å². The van der Waals surface area contributed by atoms with Crippen LogP contribution >= 0.6 is 0 Å². The normalized spacial score (nSPS) is 14.7. The van der Waals surface area contributed by atoms with Crippen LogP contribution in [0.15, 0.2) is 23.0 Å². The Morgan fingerprint density at radius 2 is 2.06 bits per heavy atom. The Labute approximate surface area is 204 Å². The Hall–Kier alpha value is -3.59.